The molecule has 0 saturated carbocycles. The van der Waals surface area contributed by atoms with Gasteiger partial charge in [0.25, 0.3) is 0 Å². The monoisotopic (exact) mass is 340 g/mol. The molecular formula is C16H25BrN2O. The van der Waals surface area contributed by atoms with Crippen LogP contribution in [0.1, 0.15) is 39.4 Å². The first-order valence-electron chi connectivity index (χ1n) is 7.26. The highest BCUT2D eigenvalue weighted by molar-refractivity contribution is 9.10. The summed E-state index contributed by atoms with van der Waals surface area (Å²) in [6.07, 6.45) is -0.432. The molecule has 4 heteroatoms. The van der Waals surface area contributed by atoms with Gasteiger partial charge in [-0.25, -0.2) is 0 Å². The van der Waals surface area contributed by atoms with Crippen LogP contribution in [0.15, 0.2) is 22.7 Å². The van der Waals surface area contributed by atoms with Crippen molar-refractivity contribution in [3.63, 3.8) is 0 Å². The van der Waals surface area contributed by atoms with Gasteiger partial charge in [0, 0.05) is 47.4 Å². The van der Waals surface area contributed by atoms with Crippen molar-refractivity contribution < 1.29 is 5.11 Å². The summed E-state index contributed by atoms with van der Waals surface area (Å²) in [4.78, 5) is 4.90. The second-order valence-electron chi connectivity index (χ2n) is 6.52. The van der Waals surface area contributed by atoms with E-state index in [1.807, 2.05) is 19.1 Å². The van der Waals surface area contributed by atoms with Crippen LogP contribution in [-0.4, -0.2) is 41.7 Å². The van der Waals surface area contributed by atoms with E-state index in [2.05, 4.69) is 52.6 Å². The molecule has 112 valence electrons. The van der Waals surface area contributed by atoms with Crippen LogP contribution < -0.4 is 4.90 Å². The first kappa shape index (κ1) is 15.8. The highest BCUT2D eigenvalue weighted by Gasteiger charge is 2.27. The Labute approximate surface area is 130 Å². The van der Waals surface area contributed by atoms with E-state index in [-0.39, 0.29) is 5.54 Å². The minimum Gasteiger partial charge on any atom is -0.389 e. The van der Waals surface area contributed by atoms with Crippen LogP contribution in [-0.2, 0) is 0 Å². The molecule has 1 atom stereocenters. The predicted octanol–water partition coefficient (Wildman–Crippen LogP) is 3.42. The molecule has 0 spiro atoms. The van der Waals surface area contributed by atoms with Gasteiger partial charge in [0.2, 0.25) is 0 Å². The largest absolute Gasteiger partial charge is 0.389 e. The summed E-state index contributed by atoms with van der Waals surface area (Å²) in [5.74, 6) is 0. The summed E-state index contributed by atoms with van der Waals surface area (Å²) in [5.41, 5.74) is 2.40. The number of hydrogen-bond donors (Lipinski definition) is 1. The van der Waals surface area contributed by atoms with Crippen molar-refractivity contribution in [3.05, 3.63) is 28.2 Å². The molecule has 1 unspecified atom stereocenters. The maximum absolute atomic E-state index is 9.95. The van der Waals surface area contributed by atoms with Crippen molar-refractivity contribution >= 4 is 21.6 Å². The number of nitrogens with zero attached hydrogens (tertiary/aromatic N) is 2. The summed E-state index contributed by atoms with van der Waals surface area (Å²) in [5, 5.41) is 9.95. The first-order valence-corrected chi connectivity index (χ1v) is 8.06. The Morgan fingerprint density at radius 3 is 2.25 bits per heavy atom. The minimum absolute atomic E-state index is 0.233. The number of anilines is 1. The van der Waals surface area contributed by atoms with Crippen molar-refractivity contribution in [3.8, 4) is 0 Å². The number of aliphatic hydroxyl groups excluding tert-OH is 1. The van der Waals surface area contributed by atoms with Crippen LogP contribution in [0.4, 0.5) is 5.69 Å². The van der Waals surface area contributed by atoms with E-state index in [0.29, 0.717) is 0 Å². The average Bonchev–Trinajstić information content (AvgIpc) is 2.37. The molecule has 0 bridgehead atoms. The molecular weight excluding hydrogens is 316 g/mol. The number of halogens is 1. The lowest BCUT2D eigenvalue weighted by atomic mass is 10.0. The third-order valence-electron chi connectivity index (χ3n) is 4.01. The van der Waals surface area contributed by atoms with Crippen LogP contribution in [0, 0.1) is 0 Å². The van der Waals surface area contributed by atoms with E-state index < -0.39 is 6.10 Å². The zero-order chi connectivity index (χ0) is 14.9. The van der Waals surface area contributed by atoms with Crippen LogP contribution >= 0.6 is 15.9 Å². The molecule has 1 fully saturated rings. The van der Waals surface area contributed by atoms with E-state index in [1.165, 1.54) is 0 Å². The van der Waals surface area contributed by atoms with Crippen LogP contribution in [0.2, 0.25) is 0 Å². The van der Waals surface area contributed by atoms with Crippen LogP contribution in [0.3, 0.4) is 0 Å². The quantitative estimate of drug-likeness (QED) is 0.893. The SMILES string of the molecule is CC(O)c1ccc(Br)cc1N1CCN(C(C)(C)C)CC1. The molecule has 1 aliphatic heterocycles. The smallest absolute Gasteiger partial charge is 0.0782 e. The van der Waals surface area contributed by atoms with Crippen molar-refractivity contribution in [1.29, 1.82) is 0 Å². The molecule has 0 amide bonds. The van der Waals surface area contributed by atoms with Gasteiger partial charge in [-0.05, 0) is 39.8 Å². The second kappa shape index (κ2) is 6.04. The topological polar surface area (TPSA) is 26.7 Å². The average molecular weight is 341 g/mol. The molecule has 1 aromatic carbocycles. The van der Waals surface area contributed by atoms with Crippen molar-refractivity contribution in [2.45, 2.75) is 39.3 Å². The Kier molecular flexibility index (Phi) is 4.77. The molecule has 1 N–H and O–H groups in total. The normalized spacial score (nSPS) is 19.2. The lowest BCUT2D eigenvalue weighted by Gasteiger charge is -2.43. The molecule has 1 aromatic rings. The third-order valence-corrected chi connectivity index (χ3v) is 4.50. The fourth-order valence-electron chi connectivity index (χ4n) is 2.76. The molecule has 20 heavy (non-hydrogen) atoms. The lowest BCUT2D eigenvalue weighted by molar-refractivity contribution is 0.128. The van der Waals surface area contributed by atoms with Crippen LogP contribution in [0.25, 0.3) is 0 Å². The highest BCUT2D eigenvalue weighted by atomic mass is 79.9. The fourth-order valence-corrected chi connectivity index (χ4v) is 3.11. The summed E-state index contributed by atoms with van der Waals surface area (Å²) < 4.78 is 1.06. The van der Waals surface area contributed by atoms with E-state index in [0.717, 1.165) is 41.9 Å². The zero-order valence-corrected chi connectivity index (χ0v) is 14.4. The Hall–Kier alpha value is -0.580. The maximum atomic E-state index is 9.95. The molecule has 1 heterocycles. The Morgan fingerprint density at radius 2 is 1.75 bits per heavy atom. The van der Waals surface area contributed by atoms with E-state index in [1.54, 1.807) is 0 Å². The van der Waals surface area contributed by atoms with Crippen molar-refractivity contribution in [2.75, 3.05) is 31.1 Å². The standard InChI is InChI=1S/C16H25BrN2O/c1-12(20)14-6-5-13(17)11-15(14)18-7-9-19(10-8-18)16(2,3)4/h5-6,11-12,20H,7-10H2,1-4H3. The van der Waals surface area contributed by atoms with Gasteiger partial charge in [-0.3, -0.25) is 4.90 Å². The third kappa shape index (κ3) is 3.54. The first-order chi connectivity index (χ1) is 9.29. The number of rotatable bonds is 2. The molecule has 1 saturated heterocycles. The summed E-state index contributed by atoms with van der Waals surface area (Å²) >= 11 is 3.54. The van der Waals surface area contributed by atoms with Gasteiger partial charge >= 0.3 is 0 Å². The zero-order valence-electron chi connectivity index (χ0n) is 12.9. The Morgan fingerprint density at radius 1 is 1.15 bits per heavy atom. The molecule has 0 aliphatic carbocycles. The van der Waals surface area contributed by atoms with E-state index in [9.17, 15) is 5.11 Å². The summed E-state index contributed by atoms with van der Waals surface area (Å²) in [7, 11) is 0. The van der Waals surface area contributed by atoms with Gasteiger partial charge in [0.15, 0.2) is 0 Å². The number of piperazine rings is 1. The Bertz CT molecular complexity index is 460. The molecule has 3 nitrogen and oxygen atoms in total. The van der Waals surface area contributed by atoms with Gasteiger partial charge in [-0.2, -0.15) is 0 Å². The minimum atomic E-state index is -0.432. The van der Waals surface area contributed by atoms with Crippen molar-refractivity contribution in [1.82, 2.24) is 4.90 Å². The molecule has 0 aromatic heterocycles. The lowest BCUT2D eigenvalue weighted by Crippen LogP contribution is -2.53. The fraction of sp³-hybridized carbons (Fsp3) is 0.625. The second-order valence-corrected chi connectivity index (χ2v) is 7.44. The summed E-state index contributed by atoms with van der Waals surface area (Å²) in [6.45, 7) is 12.8. The number of hydrogen-bond acceptors (Lipinski definition) is 3. The summed E-state index contributed by atoms with van der Waals surface area (Å²) in [6, 6.07) is 6.13. The van der Waals surface area contributed by atoms with Crippen LogP contribution in [0.5, 0.6) is 0 Å². The molecule has 0 radical (unpaired) electrons. The van der Waals surface area contributed by atoms with Crippen molar-refractivity contribution in [2.24, 2.45) is 0 Å². The highest BCUT2D eigenvalue weighted by Crippen LogP contribution is 2.31. The maximum Gasteiger partial charge on any atom is 0.0782 e. The van der Waals surface area contributed by atoms with Gasteiger partial charge in [0.05, 0.1) is 6.10 Å². The van der Waals surface area contributed by atoms with Gasteiger partial charge in [0.1, 0.15) is 0 Å². The molecule has 2 rings (SSSR count). The molecule has 1 aliphatic rings. The number of aliphatic hydroxyl groups is 1. The predicted molar refractivity (Wildman–Crippen MR) is 88.3 cm³/mol. The van der Waals surface area contributed by atoms with Gasteiger partial charge < -0.3 is 10.0 Å². The van der Waals surface area contributed by atoms with Gasteiger partial charge in [-0.1, -0.05) is 22.0 Å². The van der Waals surface area contributed by atoms with Gasteiger partial charge in [-0.15, -0.1) is 0 Å². The van der Waals surface area contributed by atoms with E-state index >= 15 is 0 Å². The number of benzene rings is 1. The Balaban J connectivity index is 2.16. The van der Waals surface area contributed by atoms with E-state index in [4.69, 9.17) is 0 Å².